The molecular weight excluding hydrogens is 429 g/mol. The van der Waals surface area contributed by atoms with Crippen LogP contribution in [0.25, 0.3) is 0 Å². The lowest BCUT2D eigenvalue weighted by atomic mass is 10.3. The number of aliphatic imine (C=N–C) groups is 1. The van der Waals surface area contributed by atoms with Crippen LogP contribution in [0.3, 0.4) is 0 Å². The zero-order valence-corrected chi connectivity index (χ0v) is 17.2. The third-order valence-corrected chi connectivity index (χ3v) is 3.63. The molecule has 0 amide bonds. The van der Waals surface area contributed by atoms with Gasteiger partial charge in [-0.1, -0.05) is 25.1 Å². The number of guanidine groups is 1. The predicted molar refractivity (Wildman–Crippen MR) is 114 cm³/mol. The van der Waals surface area contributed by atoms with E-state index in [1.54, 1.807) is 13.4 Å². The molecule has 138 valence electrons. The number of anilines is 1. The third kappa shape index (κ3) is 7.72. The van der Waals surface area contributed by atoms with Gasteiger partial charge in [0.2, 0.25) is 0 Å². The molecule has 3 N–H and O–H groups in total. The Labute approximate surface area is 166 Å². The molecule has 0 radical (unpaired) electrons. The standard InChI is InChI=1S/C17H27N7.HI/c1-3-16-23-22-14-24(16)13-12-21-17(18-2)20-11-7-10-19-15-8-5-4-6-9-15;/h4-6,8-9,14,19H,3,7,10-13H2,1-2H3,(H2,18,20,21);1H. The van der Waals surface area contributed by atoms with Gasteiger partial charge in [-0.25, -0.2) is 0 Å². The number of hydrogen-bond acceptors (Lipinski definition) is 4. The summed E-state index contributed by atoms with van der Waals surface area (Å²) in [6.07, 6.45) is 3.67. The fourth-order valence-corrected chi connectivity index (χ4v) is 2.34. The smallest absolute Gasteiger partial charge is 0.191 e. The molecule has 0 saturated heterocycles. The highest BCUT2D eigenvalue weighted by atomic mass is 127. The molecule has 0 saturated carbocycles. The van der Waals surface area contributed by atoms with Crippen LogP contribution >= 0.6 is 24.0 Å². The molecule has 8 heteroatoms. The van der Waals surface area contributed by atoms with Gasteiger partial charge >= 0.3 is 0 Å². The van der Waals surface area contributed by atoms with E-state index >= 15 is 0 Å². The molecule has 0 unspecified atom stereocenters. The number of benzene rings is 1. The zero-order valence-electron chi connectivity index (χ0n) is 14.9. The van der Waals surface area contributed by atoms with Crippen LogP contribution in [0, 0.1) is 0 Å². The van der Waals surface area contributed by atoms with Crippen molar-refractivity contribution in [3.8, 4) is 0 Å². The number of aryl methyl sites for hydroxylation is 1. The fourth-order valence-electron chi connectivity index (χ4n) is 2.34. The number of halogens is 1. The van der Waals surface area contributed by atoms with Crippen molar-refractivity contribution in [3.63, 3.8) is 0 Å². The Kier molecular flexibility index (Phi) is 10.6. The average Bonchev–Trinajstić information content (AvgIpc) is 3.08. The van der Waals surface area contributed by atoms with Gasteiger partial charge in [0.15, 0.2) is 5.96 Å². The molecule has 0 fully saturated rings. The monoisotopic (exact) mass is 457 g/mol. The molecule has 0 bridgehead atoms. The number of aromatic nitrogens is 3. The molecule has 2 rings (SSSR count). The fraction of sp³-hybridized carbons (Fsp3) is 0.471. The summed E-state index contributed by atoms with van der Waals surface area (Å²) in [7, 11) is 1.79. The number of nitrogens with one attached hydrogen (secondary N) is 3. The average molecular weight is 457 g/mol. The summed E-state index contributed by atoms with van der Waals surface area (Å²) in [5.74, 6) is 1.83. The van der Waals surface area contributed by atoms with E-state index in [-0.39, 0.29) is 24.0 Å². The van der Waals surface area contributed by atoms with Crippen molar-refractivity contribution in [2.45, 2.75) is 26.3 Å². The van der Waals surface area contributed by atoms with Gasteiger partial charge in [0, 0.05) is 45.3 Å². The van der Waals surface area contributed by atoms with Crippen molar-refractivity contribution >= 4 is 35.6 Å². The second kappa shape index (κ2) is 12.5. The second-order valence-corrected chi connectivity index (χ2v) is 5.37. The Bertz CT molecular complexity index is 612. The highest BCUT2D eigenvalue weighted by Gasteiger charge is 2.02. The van der Waals surface area contributed by atoms with E-state index in [1.165, 1.54) is 0 Å². The molecule has 1 aromatic heterocycles. The van der Waals surface area contributed by atoms with Gasteiger partial charge in [0.1, 0.15) is 12.2 Å². The second-order valence-electron chi connectivity index (χ2n) is 5.37. The van der Waals surface area contributed by atoms with Gasteiger partial charge in [0.25, 0.3) is 0 Å². The number of rotatable bonds is 9. The Hall–Kier alpha value is -1.84. The molecule has 0 aliphatic carbocycles. The highest BCUT2D eigenvalue weighted by Crippen LogP contribution is 2.04. The van der Waals surface area contributed by atoms with Crippen LogP contribution in [0.15, 0.2) is 41.7 Å². The van der Waals surface area contributed by atoms with Crippen LogP contribution < -0.4 is 16.0 Å². The van der Waals surface area contributed by atoms with E-state index in [4.69, 9.17) is 0 Å². The summed E-state index contributed by atoms with van der Waals surface area (Å²) in [4.78, 5) is 4.24. The van der Waals surface area contributed by atoms with Crippen molar-refractivity contribution in [1.29, 1.82) is 0 Å². The summed E-state index contributed by atoms with van der Waals surface area (Å²) >= 11 is 0. The summed E-state index contributed by atoms with van der Waals surface area (Å²) in [6, 6.07) is 10.2. The minimum absolute atomic E-state index is 0. The molecule has 0 aliphatic heterocycles. The zero-order chi connectivity index (χ0) is 17.0. The number of hydrogen-bond donors (Lipinski definition) is 3. The Morgan fingerprint density at radius 1 is 1.12 bits per heavy atom. The molecule has 0 atom stereocenters. The first-order chi connectivity index (χ1) is 11.8. The van der Waals surface area contributed by atoms with Gasteiger partial charge in [-0.05, 0) is 18.6 Å². The van der Waals surface area contributed by atoms with Crippen LogP contribution in [0.5, 0.6) is 0 Å². The Morgan fingerprint density at radius 3 is 2.60 bits per heavy atom. The quantitative estimate of drug-likeness (QED) is 0.233. The van der Waals surface area contributed by atoms with E-state index in [9.17, 15) is 0 Å². The molecule has 1 heterocycles. The largest absolute Gasteiger partial charge is 0.385 e. The Balaban J connectivity index is 0.00000312. The van der Waals surface area contributed by atoms with E-state index < -0.39 is 0 Å². The highest BCUT2D eigenvalue weighted by molar-refractivity contribution is 14.0. The summed E-state index contributed by atoms with van der Waals surface area (Å²) in [5, 5.41) is 18.0. The lowest BCUT2D eigenvalue weighted by Gasteiger charge is -2.13. The van der Waals surface area contributed by atoms with Crippen molar-refractivity contribution in [1.82, 2.24) is 25.4 Å². The van der Waals surface area contributed by atoms with E-state index in [1.807, 2.05) is 18.2 Å². The summed E-state index contributed by atoms with van der Waals surface area (Å²) in [6.45, 7) is 5.48. The minimum Gasteiger partial charge on any atom is -0.385 e. The molecule has 7 nitrogen and oxygen atoms in total. The molecule has 0 spiro atoms. The van der Waals surface area contributed by atoms with Crippen LogP contribution in [0.4, 0.5) is 5.69 Å². The topological polar surface area (TPSA) is 79.2 Å². The molecule has 1 aromatic carbocycles. The minimum atomic E-state index is 0. The summed E-state index contributed by atoms with van der Waals surface area (Å²) < 4.78 is 2.06. The first kappa shape index (κ1) is 21.2. The first-order valence-corrected chi connectivity index (χ1v) is 8.43. The third-order valence-electron chi connectivity index (χ3n) is 3.63. The van der Waals surface area contributed by atoms with Gasteiger partial charge in [-0.15, -0.1) is 34.2 Å². The van der Waals surface area contributed by atoms with Gasteiger partial charge in [-0.3, -0.25) is 4.99 Å². The van der Waals surface area contributed by atoms with Crippen molar-refractivity contribution in [2.75, 3.05) is 32.0 Å². The van der Waals surface area contributed by atoms with E-state index in [0.717, 1.165) is 56.5 Å². The van der Waals surface area contributed by atoms with Crippen LogP contribution in [0.2, 0.25) is 0 Å². The van der Waals surface area contributed by atoms with Crippen LogP contribution in [0.1, 0.15) is 19.2 Å². The summed E-state index contributed by atoms with van der Waals surface area (Å²) in [5.41, 5.74) is 1.15. The van der Waals surface area contributed by atoms with E-state index in [0.29, 0.717) is 0 Å². The molecule has 2 aromatic rings. The normalized spacial score (nSPS) is 10.9. The van der Waals surface area contributed by atoms with Gasteiger partial charge in [0.05, 0.1) is 0 Å². The van der Waals surface area contributed by atoms with Gasteiger partial charge in [-0.2, -0.15) is 0 Å². The number of para-hydroxylation sites is 1. The predicted octanol–water partition coefficient (Wildman–Crippen LogP) is 2.13. The maximum atomic E-state index is 4.24. The SMILES string of the molecule is CCc1nncn1CCNC(=NC)NCCCNc1ccccc1.I. The van der Waals surface area contributed by atoms with Crippen molar-refractivity contribution in [2.24, 2.45) is 4.99 Å². The van der Waals surface area contributed by atoms with Crippen LogP contribution in [-0.4, -0.2) is 47.4 Å². The van der Waals surface area contributed by atoms with Crippen molar-refractivity contribution < 1.29 is 0 Å². The van der Waals surface area contributed by atoms with Crippen LogP contribution in [-0.2, 0) is 13.0 Å². The maximum Gasteiger partial charge on any atom is 0.191 e. The van der Waals surface area contributed by atoms with E-state index in [2.05, 4.69) is 54.8 Å². The first-order valence-electron chi connectivity index (χ1n) is 8.43. The lowest BCUT2D eigenvalue weighted by molar-refractivity contribution is 0.631. The Morgan fingerprint density at radius 2 is 1.88 bits per heavy atom. The lowest BCUT2D eigenvalue weighted by Crippen LogP contribution is -2.39. The number of nitrogens with zero attached hydrogens (tertiary/aromatic N) is 4. The molecule has 25 heavy (non-hydrogen) atoms. The molecule has 0 aliphatic rings. The maximum absolute atomic E-state index is 4.24. The molecular formula is C17H28IN7. The van der Waals surface area contributed by atoms with Crippen molar-refractivity contribution in [3.05, 3.63) is 42.5 Å². The van der Waals surface area contributed by atoms with Gasteiger partial charge < -0.3 is 20.5 Å².